The average molecular weight is 225 g/mol. The fourth-order valence-corrected chi connectivity index (χ4v) is 1.25. The molecule has 0 heterocycles. The van der Waals surface area contributed by atoms with E-state index in [2.05, 4.69) is 0 Å². The molecule has 0 N–H and O–H groups in total. The fourth-order valence-electron chi connectivity index (χ4n) is 1.25. The largest absolute Gasteiger partial charge is 0.462 e. The van der Waals surface area contributed by atoms with Gasteiger partial charge < -0.3 is 9.64 Å². The minimum Gasteiger partial charge on any atom is -0.462 e. The zero-order valence-electron chi connectivity index (χ0n) is 8.78. The second-order valence-corrected chi connectivity index (χ2v) is 3.13. The second-order valence-electron chi connectivity index (χ2n) is 3.13. The Labute approximate surface area is 95.1 Å². The number of rotatable bonds is 3. The van der Waals surface area contributed by atoms with Crippen LogP contribution in [-0.4, -0.2) is 37.6 Å². The highest BCUT2D eigenvalue weighted by atomic mass is 28.1. The van der Waals surface area contributed by atoms with E-state index in [4.69, 9.17) is 4.74 Å². The van der Waals surface area contributed by atoms with E-state index < -0.39 is 0 Å². The van der Waals surface area contributed by atoms with Gasteiger partial charge in [-0.05, 0) is 30.0 Å². The van der Waals surface area contributed by atoms with Crippen LogP contribution in [0.5, 0.6) is 0 Å². The summed E-state index contributed by atoms with van der Waals surface area (Å²) in [6.07, 6.45) is 0. The molecule has 0 aliphatic rings. The molecule has 1 aromatic carbocycles. The number of esters is 1. The molecule has 0 aromatic heterocycles. The molecule has 0 bridgehead atoms. The van der Waals surface area contributed by atoms with E-state index in [1.807, 2.05) is 37.2 Å². The molecular formula is C11H19NO2Si. The maximum Gasteiger partial charge on any atom is 0.340 e. The molecule has 0 unspecified atom stereocenters. The summed E-state index contributed by atoms with van der Waals surface area (Å²) in [6.45, 7) is 2.21. The standard InChI is InChI=1S/C11H15NO2.H4Si/c1-4-14-11(13)9-7-5-6-8-10(9)12(2)3;/h5-8H,4H2,1-3H3;1H4. The summed E-state index contributed by atoms with van der Waals surface area (Å²) in [6, 6.07) is 7.40. The lowest BCUT2D eigenvalue weighted by Crippen LogP contribution is -2.15. The summed E-state index contributed by atoms with van der Waals surface area (Å²) >= 11 is 0. The van der Waals surface area contributed by atoms with E-state index in [9.17, 15) is 4.79 Å². The number of hydrogen-bond donors (Lipinski definition) is 0. The monoisotopic (exact) mass is 225 g/mol. The van der Waals surface area contributed by atoms with Crippen molar-refractivity contribution in [3.8, 4) is 0 Å². The number of ether oxygens (including phenoxy) is 1. The topological polar surface area (TPSA) is 29.5 Å². The third-order valence-electron chi connectivity index (χ3n) is 1.88. The third-order valence-corrected chi connectivity index (χ3v) is 1.88. The van der Waals surface area contributed by atoms with Gasteiger partial charge in [0.15, 0.2) is 0 Å². The molecule has 0 aliphatic heterocycles. The second kappa shape index (κ2) is 6.24. The summed E-state index contributed by atoms with van der Waals surface area (Å²) in [5, 5.41) is 0. The Morgan fingerprint density at radius 2 is 1.93 bits per heavy atom. The average Bonchev–Trinajstić information content (AvgIpc) is 2.18. The van der Waals surface area contributed by atoms with Gasteiger partial charge in [-0.2, -0.15) is 0 Å². The van der Waals surface area contributed by atoms with Crippen molar-refractivity contribution in [3.63, 3.8) is 0 Å². The van der Waals surface area contributed by atoms with Gasteiger partial charge in [0.2, 0.25) is 0 Å². The number of hydrogen-bond acceptors (Lipinski definition) is 3. The molecule has 0 saturated carbocycles. The van der Waals surface area contributed by atoms with Gasteiger partial charge in [0.05, 0.1) is 17.9 Å². The quantitative estimate of drug-likeness (QED) is 0.553. The van der Waals surface area contributed by atoms with Crippen LogP contribution in [0.25, 0.3) is 0 Å². The Morgan fingerprint density at radius 1 is 1.33 bits per heavy atom. The summed E-state index contributed by atoms with van der Waals surface area (Å²) < 4.78 is 4.95. The molecule has 15 heavy (non-hydrogen) atoms. The van der Waals surface area contributed by atoms with Crippen LogP contribution in [0.3, 0.4) is 0 Å². The van der Waals surface area contributed by atoms with Crippen LogP contribution in [0.1, 0.15) is 17.3 Å². The molecule has 0 atom stereocenters. The highest BCUT2D eigenvalue weighted by molar-refractivity contribution is 5.95. The fraction of sp³-hybridized carbons (Fsp3) is 0.364. The molecular weight excluding hydrogens is 206 g/mol. The Bertz CT molecular complexity index is 326. The first-order chi connectivity index (χ1) is 6.66. The van der Waals surface area contributed by atoms with Crippen molar-refractivity contribution in [2.24, 2.45) is 0 Å². The molecule has 0 amide bonds. The van der Waals surface area contributed by atoms with Crippen molar-refractivity contribution in [2.45, 2.75) is 6.92 Å². The van der Waals surface area contributed by atoms with Gasteiger partial charge in [-0.3, -0.25) is 0 Å². The Balaban J connectivity index is 0.00000196. The summed E-state index contributed by atoms with van der Waals surface area (Å²) in [5.74, 6) is -0.267. The predicted octanol–water partition coefficient (Wildman–Crippen LogP) is 0.478. The van der Waals surface area contributed by atoms with Crippen molar-refractivity contribution < 1.29 is 9.53 Å². The first kappa shape index (κ1) is 13.7. The molecule has 0 saturated heterocycles. The van der Waals surface area contributed by atoms with Gasteiger partial charge in [-0.25, -0.2) is 4.79 Å². The molecule has 4 heteroatoms. The lowest BCUT2D eigenvalue weighted by Gasteiger charge is -2.15. The van der Waals surface area contributed by atoms with Crippen molar-refractivity contribution in [2.75, 3.05) is 25.6 Å². The lowest BCUT2D eigenvalue weighted by atomic mass is 10.1. The van der Waals surface area contributed by atoms with E-state index in [0.29, 0.717) is 12.2 Å². The Hall–Kier alpha value is -1.29. The number of nitrogens with zero attached hydrogens (tertiary/aromatic N) is 1. The minimum atomic E-state index is -0.267. The number of anilines is 1. The molecule has 1 rings (SSSR count). The number of benzene rings is 1. The van der Waals surface area contributed by atoms with Gasteiger partial charge in [0.1, 0.15) is 0 Å². The van der Waals surface area contributed by atoms with Crippen LogP contribution in [-0.2, 0) is 4.74 Å². The van der Waals surface area contributed by atoms with Crippen LogP contribution in [0.4, 0.5) is 5.69 Å². The smallest absolute Gasteiger partial charge is 0.340 e. The van der Waals surface area contributed by atoms with E-state index >= 15 is 0 Å². The molecule has 0 spiro atoms. The van der Waals surface area contributed by atoms with Crippen LogP contribution in [0, 0.1) is 0 Å². The maximum atomic E-state index is 11.5. The number of para-hydroxylation sites is 1. The third kappa shape index (κ3) is 3.40. The Kier molecular flexibility index (Phi) is 5.70. The van der Waals surface area contributed by atoms with Crippen molar-refractivity contribution in [3.05, 3.63) is 29.8 Å². The van der Waals surface area contributed by atoms with Gasteiger partial charge in [-0.15, -0.1) is 0 Å². The van der Waals surface area contributed by atoms with E-state index in [1.165, 1.54) is 0 Å². The van der Waals surface area contributed by atoms with Gasteiger partial charge in [-0.1, -0.05) is 12.1 Å². The number of carbonyl (C=O) groups excluding carboxylic acids is 1. The first-order valence-corrected chi connectivity index (χ1v) is 4.60. The van der Waals surface area contributed by atoms with Crippen LogP contribution in [0.15, 0.2) is 24.3 Å². The lowest BCUT2D eigenvalue weighted by molar-refractivity contribution is 0.0527. The van der Waals surface area contributed by atoms with E-state index in [0.717, 1.165) is 5.69 Å². The van der Waals surface area contributed by atoms with E-state index in [1.54, 1.807) is 13.0 Å². The van der Waals surface area contributed by atoms with Gasteiger partial charge in [0, 0.05) is 14.1 Å². The highest BCUT2D eigenvalue weighted by Gasteiger charge is 2.12. The maximum absolute atomic E-state index is 11.5. The molecule has 84 valence electrons. The van der Waals surface area contributed by atoms with Crippen molar-refractivity contribution in [1.29, 1.82) is 0 Å². The zero-order chi connectivity index (χ0) is 10.6. The normalized spacial score (nSPS) is 9.00. The van der Waals surface area contributed by atoms with E-state index in [-0.39, 0.29) is 16.9 Å². The molecule has 0 aliphatic carbocycles. The number of carbonyl (C=O) groups is 1. The van der Waals surface area contributed by atoms with Gasteiger partial charge in [0.25, 0.3) is 0 Å². The highest BCUT2D eigenvalue weighted by Crippen LogP contribution is 2.18. The summed E-state index contributed by atoms with van der Waals surface area (Å²) in [5.41, 5.74) is 1.49. The molecule has 0 radical (unpaired) electrons. The first-order valence-electron chi connectivity index (χ1n) is 4.60. The van der Waals surface area contributed by atoms with Crippen LogP contribution in [0.2, 0.25) is 0 Å². The van der Waals surface area contributed by atoms with Crippen LogP contribution >= 0.6 is 0 Å². The minimum absolute atomic E-state index is 0. The summed E-state index contributed by atoms with van der Waals surface area (Å²) in [7, 11) is 3.80. The Morgan fingerprint density at radius 3 is 2.47 bits per heavy atom. The molecule has 1 aromatic rings. The van der Waals surface area contributed by atoms with Crippen molar-refractivity contribution >= 4 is 22.6 Å². The van der Waals surface area contributed by atoms with Crippen molar-refractivity contribution in [1.82, 2.24) is 0 Å². The SMILES string of the molecule is CCOC(=O)c1ccccc1N(C)C.[SiH4]. The van der Waals surface area contributed by atoms with Gasteiger partial charge >= 0.3 is 5.97 Å². The molecule has 3 nitrogen and oxygen atoms in total. The molecule has 0 fully saturated rings. The summed E-state index contributed by atoms with van der Waals surface area (Å²) in [4.78, 5) is 13.4. The predicted molar refractivity (Wildman–Crippen MR) is 68.1 cm³/mol. The van der Waals surface area contributed by atoms with Crippen LogP contribution < -0.4 is 4.90 Å². The zero-order valence-corrected chi connectivity index (χ0v) is 8.78.